The minimum absolute atomic E-state index is 0.372. The Morgan fingerprint density at radius 3 is 2.84 bits per heavy atom. The van der Waals surface area contributed by atoms with Gasteiger partial charge in [-0.3, -0.25) is 5.43 Å². The molecule has 1 fully saturated rings. The molecular formula is C18H21N3O3S. The molecule has 7 heteroatoms. The molecule has 132 valence electrons. The molecule has 6 nitrogen and oxygen atoms in total. The minimum Gasteiger partial charge on any atom is -0.481 e. The molecule has 0 heterocycles. The van der Waals surface area contributed by atoms with Crippen LogP contribution in [0, 0.1) is 11.8 Å². The first-order valence-electron chi connectivity index (χ1n) is 8.26. The van der Waals surface area contributed by atoms with Gasteiger partial charge >= 0.3 is 5.97 Å². The number of carbonyl (C=O) groups is 1. The molecular weight excluding hydrogens is 338 g/mol. The molecule has 0 aromatic heterocycles. The fraction of sp³-hybridized carbons (Fsp3) is 0.389. The normalized spacial score (nSPS) is 24.2. The predicted octanol–water partition coefficient (Wildman–Crippen LogP) is 2.30. The quantitative estimate of drug-likeness (QED) is 0.313. The van der Waals surface area contributed by atoms with Gasteiger partial charge in [0.15, 0.2) is 11.7 Å². The maximum Gasteiger partial charge on any atom is 0.341 e. The van der Waals surface area contributed by atoms with E-state index >= 15 is 0 Å². The van der Waals surface area contributed by atoms with Crippen molar-refractivity contribution in [2.75, 3.05) is 6.61 Å². The van der Waals surface area contributed by atoms with Crippen molar-refractivity contribution in [3.05, 3.63) is 42.0 Å². The zero-order chi connectivity index (χ0) is 17.8. The van der Waals surface area contributed by atoms with Crippen LogP contribution in [0.1, 0.15) is 25.3 Å². The smallest absolute Gasteiger partial charge is 0.341 e. The summed E-state index contributed by atoms with van der Waals surface area (Å²) in [6.07, 6.45) is 6.86. The number of allylic oxidation sites excluding steroid dienone is 1. The van der Waals surface area contributed by atoms with Crippen LogP contribution in [0.3, 0.4) is 0 Å². The van der Waals surface area contributed by atoms with Gasteiger partial charge in [0.25, 0.3) is 0 Å². The maximum absolute atomic E-state index is 10.7. The number of thiocarbonyl (C=S) groups is 1. The third-order valence-corrected chi connectivity index (χ3v) is 4.76. The van der Waals surface area contributed by atoms with Crippen molar-refractivity contribution >= 4 is 29.0 Å². The lowest BCUT2D eigenvalue weighted by Gasteiger charge is -2.21. The van der Waals surface area contributed by atoms with Crippen molar-refractivity contribution in [2.45, 2.75) is 25.8 Å². The van der Waals surface area contributed by atoms with Gasteiger partial charge in [0, 0.05) is 11.6 Å². The Balaban J connectivity index is 1.58. The highest BCUT2D eigenvalue weighted by atomic mass is 32.1. The van der Waals surface area contributed by atoms with Gasteiger partial charge < -0.3 is 15.2 Å². The zero-order valence-corrected chi connectivity index (χ0v) is 14.8. The van der Waals surface area contributed by atoms with Crippen LogP contribution >= 0.6 is 12.2 Å². The standard InChI is InChI=1S/C18H21N3O3S/c1-11(14-4-2-3-5-16(14)24-10-17(22)23)20-21-18(25)19-15-9-12-6-7-13(15)8-12/h2-7,12-13,15H,8-10H2,1H3,(H,22,23)(H2,19,21,25)/t12-,13-,15-/m0/s1. The molecule has 2 aliphatic carbocycles. The number of nitrogens with zero attached hydrogens (tertiary/aromatic N) is 1. The topological polar surface area (TPSA) is 83.0 Å². The molecule has 1 saturated carbocycles. The molecule has 3 N–H and O–H groups in total. The average molecular weight is 359 g/mol. The number of rotatable bonds is 6. The Labute approximate surface area is 152 Å². The largest absolute Gasteiger partial charge is 0.481 e. The van der Waals surface area contributed by atoms with E-state index in [2.05, 4.69) is 28.0 Å². The number of nitrogens with one attached hydrogen (secondary N) is 2. The summed E-state index contributed by atoms with van der Waals surface area (Å²) in [4.78, 5) is 10.7. The molecule has 2 bridgehead atoms. The van der Waals surface area contributed by atoms with Crippen LogP contribution in [0.15, 0.2) is 41.5 Å². The summed E-state index contributed by atoms with van der Waals surface area (Å²) in [5.41, 5.74) is 4.26. The first-order chi connectivity index (χ1) is 12.0. The lowest BCUT2D eigenvalue weighted by Crippen LogP contribution is -2.42. The number of hydrogen-bond acceptors (Lipinski definition) is 4. The number of ether oxygens (including phenoxy) is 1. The lowest BCUT2D eigenvalue weighted by molar-refractivity contribution is -0.139. The molecule has 1 aromatic rings. The van der Waals surface area contributed by atoms with Crippen LogP contribution in [-0.2, 0) is 4.79 Å². The summed E-state index contributed by atoms with van der Waals surface area (Å²) in [6, 6.07) is 7.55. The first-order valence-corrected chi connectivity index (χ1v) is 8.67. The van der Waals surface area contributed by atoms with Crippen LogP contribution in [0.4, 0.5) is 0 Å². The van der Waals surface area contributed by atoms with Gasteiger partial charge in [0.2, 0.25) is 0 Å². The second kappa shape index (κ2) is 7.65. The molecule has 0 saturated heterocycles. The number of carboxylic acids is 1. The number of hydrogen-bond donors (Lipinski definition) is 3. The van der Waals surface area contributed by atoms with Crippen molar-refractivity contribution in [3.63, 3.8) is 0 Å². The van der Waals surface area contributed by atoms with Crippen molar-refractivity contribution < 1.29 is 14.6 Å². The van der Waals surface area contributed by atoms with Crippen molar-refractivity contribution in [1.29, 1.82) is 0 Å². The van der Waals surface area contributed by atoms with Crippen LogP contribution in [-0.4, -0.2) is 34.5 Å². The summed E-state index contributed by atoms with van der Waals surface area (Å²) < 4.78 is 5.30. The van der Waals surface area contributed by atoms with Gasteiger partial charge in [-0.1, -0.05) is 24.3 Å². The van der Waals surface area contributed by atoms with Crippen LogP contribution in [0.2, 0.25) is 0 Å². The summed E-state index contributed by atoms with van der Waals surface area (Å²) in [6.45, 7) is 1.42. The Morgan fingerprint density at radius 1 is 1.36 bits per heavy atom. The molecule has 1 aromatic carbocycles. The molecule has 0 aliphatic heterocycles. The van der Waals surface area contributed by atoms with Gasteiger partial charge in [-0.2, -0.15) is 5.10 Å². The Kier molecular flexibility index (Phi) is 5.33. The van der Waals surface area contributed by atoms with E-state index in [4.69, 9.17) is 22.1 Å². The summed E-state index contributed by atoms with van der Waals surface area (Å²) in [5, 5.41) is 16.9. The lowest BCUT2D eigenvalue weighted by atomic mass is 10.0. The van der Waals surface area contributed by atoms with E-state index in [1.165, 1.54) is 6.42 Å². The van der Waals surface area contributed by atoms with Crippen LogP contribution in [0.5, 0.6) is 5.75 Å². The highest BCUT2D eigenvalue weighted by molar-refractivity contribution is 7.80. The van der Waals surface area contributed by atoms with E-state index in [1.54, 1.807) is 12.1 Å². The second-order valence-corrected chi connectivity index (χ2v) is 6.76. The van der Waals surface area contributed by atoms with E-state index in [-0.39, 0.29) is 0 Å². The molecule has 25 heavy (non-hydrogen) atoms. The molecule has 3 atom stereocenters. The van der Waals surface area contributed by atoms with Crippen molar-refractivity contribution in [3.8, 4) is 5.75 Å². The number of carboxylic acid groups (broad SMARTS) is 1. The van der Waals surface area contributed by atoms with E-state index < -0.39 is 12.6 Å². The number of hydrazone groups is 1. The Morgan fingerprint density at radius 2 is 2.16 bits per heavy atom. The Hall–Kier alpha value is -2.41. The number of aliphatic carboxylic acids is 1. The van der Waals surface area contributed by atoms with Crippen LogP contribution in [0.25, 0.3) is 0 Å². The van der Waals surface area contributed by atoms with Crippen molar-refractivity contribution in [2.24, 2.45) is 16.9 Å². The predicted molar refractivity (Wildman–Crippen MR) is 99.8 cm³/mol. The van der Waals surface area contributed by atoms with E-state index in [0.29, 0.717) is 34.5 Å². The van der Waals surface area contributed by atoms with Gasteiger partial charge in [-0.15, -0.1) is 0 Å². The molecule has 3 rings (SSSR count). The maximum atomic E-state index is 10.7. The molecule has 0 spiro atoms. The molecule has 0 amide bonds. The zero-order valence-electron chi connectivity index (χ0n) is 13.9. The van der Waals surface area contributed by atoms with Gasteiger partial charge in [-0.05, 0) is 56.0 Å². The Bertz CT molecular complexity index is 732. The fourth-order valence-electron chi connectivity index (χ4n) is 3.37. The first kappa shape index (κ1) is 17.4. The summed E-state index contributed by atoms with van der Waals surface area (Å²) in [7, 11) is 0. The van der Waals surface area contributed by atoms with Crippen molar-refractivity contribution in [1.82, 2.24) is 10.7 Å². The molecule has 0 radical (unpaired) electrons. The minimum atomic E-state index is -1.02. The third-order valence-electron chi connectivity index (χ3n) is 4.55. The van der Waals surface area contributed by atoms with E-state index in [9.17, 15) is 4.79 Å². The van der Waals surface area contributed by atoms with Gasteiger partial charge in [0.05, 0.1) is 5.71 Å². The summed E-state index contributed by atoms with van der Waals surface area (Å²) in [5.74, 6) is 0.687. The number of para-hydroxylation sites is 1. The third kappa shape index (κ3) is 4.36. The number of benzene rings is 1. The monoisotopic (exact) mass is 359 g/mol. The van der Waals surface area contributed by atoms with E-state index in [1.807, 2.05) is 19.1 Å². The molecule has 2 aliphatic rings. The number of fused-ring (bicyclic) bond motifs is 2. The fourth-order valence-corrected chi connectivity index (χ4v) is 3.57. The molecule has 0 unspecified atom stereocenters. The highest BCUT2D eigenvalue weighted by Crippen LogP contribution is 2.38. The summed E-state index contributed by atoms with van der Waals surface area (Å²) >= 11 is 5.33. The van der Waals surface area contributed by atoms with Gasteiger partial charge in [0.1, 0.15) is 5.75 Å². The van der Waals surface area contributed by atoms with Gasteiger partial charge in [-0.25, -0.2) is 4.79 Å². The van der Waals surface area contributed by atoms with E-state index in [0.717, 1.165) is 12.0 Å². The SMILES string of the molecule is CC(=NNC(=S)N[C@H]1C[C@H]2C=C[C@H]1C2)c1ccccc1OCC(=O)O. The highest BCUT2D eigenvalue weighted by Gasteiger charge is 2.35. The van der Waals surface area contributed by atoms with Crippen LogP contribution < -0.4 is 15.5 Å². The second-order valence-electron chi connectivity index (χ2n) is 6.35. The average Bonchev–Trinajstić information content (AvgIpc) is 3.21.